The summed E-state index contributed by atoms with van der Waals surface area (Å²) in [5.74, 6) is -1.82. The van der Waals surface area contributed by atoms with Crippen LogP contribution in [-0.4, -0.2) is 43.8 Å². The van der Waals surface area contributed by atoms with Crippen LogP contribution in [0.5, 0.6) is 0 Å². The molecule has 4 rings (SSSR count). The number of benzene rings is 3. The predicted molar refractivity (Wildman–Crippen MR) is 135 cm³/mol. The molecule has 35 heavy (non-hydrogen) atoms. The fraction of sp³-hybridized carbons (Fsp3) is 0.185. The van der Waals surface area contributed by atoms with Crippen LogP contribution in [0.25, 0.3) is 0 Å². The van der Waals surface area contributed by atoms with Crippen molar-refractivity contribution < 1.29 is 19.2 Å². The molecule has 2 N–H and O–H groups in total. The second-order valence-corrected chi connectivity index (χ2v) is 8.18. The summed E-state index contributed by atoms with van der Waals surface area (Å²) in [4.78, 5) is 53.6. The van der Waals surface area contributed by atoms with Crippen molar-refractivity contribution in [2.75, 3.05) is 35.3 Å². The molecule has 3 aromatic rings. The Morgan fingerprint density at radius 2 is 1.37 bits per heavy atom. The summed E-state index contributed by atoms with van der Waals surface area (Å²) in [6, 6.07) is 21.1. The number of nitrogens with zero attached hydrogens (tertiary/aromatic N) is 2. The van der Waals surface area contributed by atoms with Crippen LogP contribution in [-0.2, 0) is 9.59 Å². The minimum absolute atomic E-state index is 0.218. The molecular weight excluding hydrogens is 444 g/mol. The molecule has 0 atom stereocenters. The van der Waals surface area contributed by atoms with E-state index >= 15 is 0 Å². The van der Waals surface area contributed by atoms with Crippen LogP contribution in [0.4, 0.5) is 17.1 Å². The summed E-state index contributed by atoms with van der Waals surface area (Å²) >= 11 is 0. The van der Waals surface area contributed by atoms with Gasteiger partial charge in [0.15, 0.2) is 0 Å². The average molecular weight is 471 g/mol. The minimum atomic E-state index is -0.706. The third kappa shape index (κ3) is 4.91. The highest BCUT2D eigenvalue weighted by Gasteiger charge is 2.30. The summed E-state index contributed by atoms with van der Waals surface area (Å²) < 4.78 is 0. The molecule has 0 bridgehead atoms. The van der Waals surface area contributed by atoms with Crippen LogP contribution < -0.4 is 20.4 Å². The van der Waals surface area contributed by atoms with Crippen molar-refractivity contribution >= 4 is 40.7 Å². The second-order valence-electron chi connectivity index (χ2n) is 8.18. The Labute approximate surface area is 203 Å². The van der Waals surface area contributed by atoms with Gasteiger partial charge in [-0.15, -0.1) is 0 Å². The van der Waals surface area contributed by atoms with Crippen molar-refractivity contribution in [2.24, 2.45) is 0 Å². The first-order valence-corrected chi connectivity index (χ1v) is 11.3. The van der Waals surface area contributed by atoms with Gasteiger partial charge in [0, 0.05) is 37.0 Å². The quantitative estimate of drug-likeness (QED) is 0.574. The molecule has 0 saturated heterocycles. The van der Waals surface area contributed by atoms with Gasteiger partial charge in [-0.1, -0.05) is 30.3 Å². The van der Waals surface area contributed by atoms with Gasteiger partial charge in [0.2, 0.25) is 0 Å². The lowest BCUT2D eigenvalue weighted by atomic mass is 10.1. The topological polar surface area (TPSA) is 98.8 Å². The largest absolute Gasteiger partial charge is 0.351 e. The lowest BCUT2D eigenvalue weighted by Gasteiger charge is -2.25. The Bertz CT molecular complexity index is 1290. The van der Waals surface area contributed by atoms with Gasteiger partial charge >= 0.3 is 11.8 Å². The van der Waals surface area contributed by atoms with E-state index in [-0.39, 0.29) is 11.8 Å². The highest BCUT2D eigenvalue weighted by molar-refractivity contribution is 6.40. The third-order valence-electron chi connectivity index (χ3n) is 5.92. The number of likely N-dealkylation sites (N-methyl/N-ethyl adjacent to an activating group) is 1. The Hall–Kier alpha value is -4.46. The number of amides is 4. The van der Waals surface area contributed by atoms with E-state index in [0.717, 1.165) is 5.56 Å². The smallest absolute Gasteiger partial charge is 0.316 e. The highest BCUT2D eigenvalue weighted by atomic mass is 16.2. The fourth-order valence-corrected chi connectivity index (χ4v) is 4.08. The number of nitrogens with one attached hydrogen (secondary N) is 2. The summed E-state index contributed by atoms with van der Waals surface area (Å²) in [6.07, 6.45) is 0.508. The van der Waals surface area contributed by atoms with Gasteiger partial charge in [-0.05, 0) is 61.4 Å². The van der Waals surface area contributed by atoms with Crippen LogP contribution in [0.1, 0.15) is 32.7 Å². The van der Waals surface area contributed by atoms with Gasteiger partial charge in [0.1, 0.15) is 0 Å². The fourth-order valence-electron chi connectivity index (χ4n) is 4.08. The Morgan fingerprint density at radius 3 is 2.03 bits per heavy atom. The Morgan fingerprint density at radius 1 is 0.771 bits per heavy atom. The number of carbonyl (C=O) groups is 4. The normalized spacial score (nSPS) is 12.9. The molecule has 0 radical (unpaired) electrons. The first-order valence-electron chi connectivity index (χ1n) is 11.3. The molecule has 0 saturated carbocycles. The minimum Gasteiger partial charge on any atom is -0.351 e. The number of para-hydroxylation sites is 2. The molecule has 178 valence electrons. The summed E-state index contributed by atoms with van der Waals surface area (Å²) in [5, 5.41) is 5.22. The maximum atomic E-state index is 13.4. The molecule has 1 heterocycles. The number of aryl methyl sites for hydroxylation is 1. The molecule has 4 amide bonds. The first-order chi connectivity index (χ1) is 16.9. The SMILES string of the molecule is CNC(=O)C(=O)N1CCCN(C(=O)c2ccc(NC(=O)c3ccccc3C)cc2)c2ccccc21. The third-order valence-corrected chi connectivity index (χ3v) is 5.92. The molecule has 8 nitrogen and oxygen atoms in total. The predicted octanol–water partition coefficient (Wildman–Crippen LogP) is 3.38. The zero-order valence-electron chi connectivity index (χ0n) is 19.6. The maximum absolute atomic E-state index is 13.4. The van der Waals surface area contributed by atoms with Crippen LogP contribution in [0, 0.1) is 6.92 Å². The monoisotopic (exact) mass is 470 g/mol. The maximum Gasteiger partial charge on any atom is 0.316 e. The van der Waals surface area contributed by atoms with Crippen LogP contribution in [0.2, 0.25) is 0 Å². The van der Waals surface area contributed by atoms with Gasteiger partial charge in [-0.25, -0.2) is 0 Å². The number of rotatable bonds is 3. The van der Waals surface area contributed by atoms with Crippen LogP contribution >= 0.6 is 0 Å². The molecule has 0 fully saturated rings. The summed E-state index contributed by atoms with van der Waals surface area (Å²) in [7, 11) is 1.41. The zero-order chi connectivity index (χ0) is 24.9. The number of anilines is 3. The van der Waals surface area contributed by atoms with E-state index in [1.54, 1.807) is 59.5 Å². The number of hydrogen-bond acceptors (Lipinski definition) is 4. The van der Waals surface area contributed by atoms with Crippen molar-refractivity contribution in [1.82, 2.24) is 5.32 Å². The highest BCUT2D eigenvalue weighted by Crippen LogP contribution is 2.33. The van der Waals surface area contributed by atoms with E-state index in [2.05, 4.69) is 10.6 Å². The molecule has 0 spiro atoms. The molecule has 3 aromatic carbocycles. The lowest BCUT2D eigenvalue weighted by molar-refractivity contribution is -0.137. The van der Waals surface area contributed by atoms with Crippen molar-refractivity contribution in [1.29, 1.82) is 0 Å². The standard InChI is InChI=1S/C27H26N4O4/c1-18-8-3-4-9-21(18)24(32)29-20-14-12-19(13-15-20)26(34)30-16-7-17-31(27(35)25(33)28-2)23-11-6-5-10-22(23)30/h3-6,8-15H,7,16-17H2,1-2H3,(H,28,33)(H,29,32). The summed E-state index contributed by atoms with van der Waals surface area (Å²) in [6.45, 7) is 2.58. The van der Waals surface area contributed by atoms with Gasteiger partial charge in [-0.3, -0.25) is 19.2 Å². The molecule has 0 aromatic heterocycles. The van der Waals surface area contributed by atoms with Crippen LogP contribution in [0.3, 0.4) is 0 Å². The first kappa shape index (κ1) is 23.7. The molecular formula is C27H26N4O4. The van der Waals surface area contributed by atoms with E-state index in [1.165, 1.54) is 11.9 Å². The Kier molecular flexibility index (Phi) is 6.91. The molecule has 0 aliphatic carbocycles. The van der Waals surface area contributed by atoms with E-state index in [4.69, 9.17) is 0 Å². The van der Waals surface area contributed by atoms with E-state index in [9.17, 15) is 19.2 Å². The van der Waals surface area contributed by atoms with Gasteiger partial charge < -0.3 is 20.4 Å². The van der Waals surface area contributed by atoms with E-state index < -0.39 is 11.8 Å². The van der Waals surface area contributed by atoms with Crippen molar-refractivity contribution in [3.8, 4) is 0 Å². The van der Waals surface area contributed by atoms with E-state index in [1.807, 2.05) is 25.1 Å². The van der Waals surface area contributed by atoms with Crippen molar-refractivity contribution in [3.63, 3.8) is 0 Å². The molecule has 1 aliphatic rings. The van der Waals surface area contributed by atoms with Crippen LogP contribution in [0.15, 0.2) is 72.8 Å². The van der Waals surface area contributed by atoms with Gasteiger partial charge in [-0.2, -0.15) is 0 Å². The number of hydrogen-bond donors (Lipinski definition) is 2. The number of carbonyl (C=O) groups excluding carboxylic acids is 4. The molecule has 1 aliphatic heterocycles. The summed E-state index contributed by atoms with van der Waals surface area (Å²) in [5.41, 5.74) is 3.55. The second kappa shape index (κ2) is 10.2. The zero-order valence-corrected chi connectivity index (χ0v) is 19.6. The Balaban J connectivity index is 1.55. The van der Waals surface area contributed by atoms with E-state index in [0.29, 0.717) is 47.7 Å². The van der Waals surface area contributed by atoms with Gasteiger partial charge in [0.25, 0.3) is 11.8 Å². The molecule has 8 heteroatoms. The van der Waals surface area contributed by atoms with Crippen molar-refractivity contribution in [2.45, 2.75) is 13.3 Å². The van der Waals surface area contributed by atoms with Crippen molar-refractivity contribution in [3.05, 3.63) is 89.5 Å². The number of fused-ring (bicyclic) bond motifs is 1. The molecule has 0 unspecified atom stereocenters. The lowest BCUT2D eigenvalue weighted by Crippen LogP contribution is -2.42. The average Bonchev–Trinajstić information content (AvgIpc) is 3.08. The van der Waals surface area contributed by atoms with Gasteiger partial charge in [0.05, 0.1) is 11.4 Å².